The van der Waals surface area contributed by atoms with Gasteiger partial charge in [0.1, 0.15) is 0 Å². The van der Waals surface area contributed by atoms with Gasteiger partial charge in [-0.25, -0.2) is 0 Å². The van der Waals surface area contributed by atoms with Crippen LogP contribution in [0.4, 0.5) is 13.2 Å². The van der Waals surface area contributed by atoms with Crippen LogP contribution in [0.1, 0.15) is 6.42 Å². The van der Waals surface area contributed by atoms with E-state index in [4.69, 9.17) is 10.5 Å². The van der Waals surface area contributed by atoms with E-state index in [1.807, 2.05) is 0 Å². The Morgan fingerprint density at radius 3 is 2.57 bits per heavy atom. The summed E-state index contributed by atoms with van der Waals surface area (Å²) in [4.78, 5) is 1.19. The second-order valence-corrected chi connectivity index (χ2v) is 3.95. The first-order chi connectivity index (χ1) is 6.31. The van der Waals surface area contributed by atoms with Gasteiger partial charge in [-0.2, -0.15) is 13.2 Å². The van der Waals surface area contributed by atoms with E-state index in [1.54, 1.807) is 0 Å². The molecule has 1 aliphatic heterocycles. The van der Waals surface area contributed by atoms with Gasteiger partial charge in [-0.15, -0.1) is 0 Å². The predicted octanol–water partition coefficient (Wildman–Crippen LogP) is 0.598. The molecule has 6 heteroatoms. The summed E-state index contributed by atoms with van der Waals surface area (Å²) in [5.41, 5.74) is 5.23. The highest BCUT2D eigenvalue weighted by atomic mass is 19.4. The summed E-state index contributed by atoms with van der Waals surface area (Å²) >= 11 is 0. The van der Waals surface area contributed by atoms with Crippen LogP contribution >= 0.6 is 0 Å². The lowest BCUT2D eigenvalue weighted by Gasteiger charge is -2.28. The lowest BCUT2D eigenvalue weighted by molar-refractivity contribution is -0.144. The molecule has 1 fully saturated rings. The zero-order chi connectivity index (χ0) is 10.8. The number of hydrogen-bond acceptors (Lipinski definition) is 3. The molecule has 0 amide bonds. The van der Waals surface area contributed by atoms with Crippen molar-refractivity contribution in [1.82, 2.24) is 4.90 Å². The lowest BCUT2D eigenvalue weighted by Crippen LogP contribution is -2.51. The highest BCUT2D eigenvalue weighted by molar-refractivity contribution is 4.90. The molecule has 1 aliphatic rings. The Morgan fingerprint density at radius 2 is 2.14 bits per heavy atom. The van der Waals surface area contributed by atoms with Crippen molar-refractivity contribution in [2.45, 2.75) is 18.1 Å². The Labute approximate surface area is 81.0 Å². The maximum atomic E-state index is 12.0. The topological polar surface area (TPSA) is 38.5 Å². The minimum atomic E-state index is -4.16. The second-order valence-electron chi connectivity index (χ2n) is 3.95. The van der Waals surface area contributed by atoms with E-state index in [1.165, 1.54) is 11.9 Å². The van der Waals surface area contributed by atoms with Crippen LogP contribution in [0.5, 0.6) is 0 Å². The average Bonchev–Trinajstić information content (AvgIpc) is 2.30. The summed E-state index contributed by atoms with van der Waals surface area (Å²) < 4.78 is 41.0. The molecular formula is C8H15F3N2O. The monoisotopic (exact) mass is 212 g/mol. The van der Waals surface area contributed by atoms with Gasteiger partial charge in [0.2, 0.25) is 0 Å². The minimum absolute atomic E-state index is 0.215. The van der Waals surface area contributed by atoms with Crippen LogP contribution in [-0.4, -0.2) is 50.0 Å². The molecule has 0 radical (unpaired) electrons. The van der Waals surface area contributed by atoms with Crippen LogP contribution < -0.4 is 5.73 Å². The van der Waals surface area contributed by atoms with Crippen molar-refractivity contribution in [3.63, 3.8) is 0 Å². The molecule has 0 bridgehead atoms. The van der Waals surface area contributed by atoms with Crippen molar-refractivity contribution in [2.75, 3.05) is 33.4 Å². The summed E-state index contributed by atoms with van der Waals surface area (Å²) in [6, 6.07) is 0. The fraction of sp³-hybridized carbons (Fsp3) is 1.00. The molecule has 0 aromatic carbocycles. The van der Waals surface area contributed by atoms with E-state index in [-0.39, 0.29) is 6.54 Å². The van der Waals surface area contributed by atoms with Crippen LogP contribution in [0.15, 0.2) is 0 Å². The van der Waals surface area contributed by atoms with Crippen LogP contribution in [0.2, 0.25) is 0 Å². The third-order valence-corrected chi connectivity index (χ3v) is 2.17. The maximum Gasteiger partial charge on any atom is 0.401 e. The van der Waals surface area contributed by atoms with Crippen molar-refractivity contribution in [1.29, 1.82) is 0 Å². The predicted molar refractivity (Wildman–Crippen MR) is 45.9 cm³/mol. The molecule has 3 nitrogen and oxygen atoms in total. The molecule has 0 aliphatic carbocycles. The van der Waals surface area contributed by atoms with Gasteiger partial charge in [0.15, 0.2) is 0 Å². The zero-order valence-corrected chi connectivity index (χ0v) is 8.10. The van der Waals surface area contributed by atoms with Gasteiger partial charge in [-0.05, 0) is 13.5 Å². The first-order valence-corrected chi connectivity index (χ1v) is 4.43. The van der Waals surface area contributed by atoms with E-state index in [0.29, 0.717) is 19.6 Å². The lowest BCUT2D eigenvalue weighted by atomic mass is 10.00. The standard InChI is InChI=1S/C8H15F3N2O/c1-13(5-8(9,10)11)4-7(12)2-3-14-6-7/h2-6,12H2,1H3. The second kappa shape index (κ2) is 4.04. The quantitative estimate of drug-likeness (QED) is 0.744. The van der Waals surface area contributed by atoms with E-state index in [0.717, 1.165) is 0 Å². The molecule has 1 atom stereocenters. The minimum Gasteiger partial charge on any atom is -0.379 e. The largest absolute Gasteiger partial charge is 0.401 e. The maximum absolute atomic E-state index is 12.0. The molecule has 14 heavy (non-hydrogen) atoms. The Kier molecular flexibility index (Phi) is 3.39. The number of likely N-dealkylation sites (N-methyl/N-ethyl adjacent to an activating group) is 1. The normalized spacial score (nSPS) is 28.7. The number of nitrogens with two attached hydrogens (primary N) is 1. The van der Waals surface area contributed by atoms with E-state index >= 15 is 0 Å². The molecular weight excluding hydrogens is 197 g/mol. The van der Waals surface area contributed by atoms with Gasteiger partial charge in [-0.3, -0.25) is 4.90 Å². The summed E-state index contributed by atoms with van der Waals surface area (Å²) in [5, 5.41) is 0. The van der Waals surface area contributed by atoms with Crippen molar-refractivity contribution < 1.29 is 17.9 Å². The van der Waals surface area contributed by atoms with Crippen LogP contribution in [0.3, 0.4) is 0 Å². The van der Waals surface area contributed by atoms with Gasteiger partial charge in [0.05, 0.1) is 18.7 Å². The van der Waals surface area contributed by atoms with Crippen molar-refractivity contribution in [3.8, 4) is 0 Å². The van der Waals surface area contributed by atoms with Gasteiger partial charge < -0.3 is 10.5 Å². The van der Waals surface area contributed by atoms with Gasteiger partial charge in [-0.1, -0.05) is 0 Å². The highest BCUT2D eigenvalue weighted by Crippen LogP contribution is 2.20. The molecule has 1 heterocycles. The number of nitrogens with zero attached hydrogens (tertiary/aromatic N) is 1. The first-order valence-electron chi connectivity index (χ1n) is 4.43. The summed E-state index contributed by atoms with van der Waals surface area (Å²) in [6.45, 7) is 0.171. The summed E-state index contributed by atoms with van der Waals surface area (Å²) in [6.07, 6.45) is -3.54. The molecule has 2 N–H and O–H groups in total. The highest BCUT2D eigenvalue weighted by Gasteiger charge is 2.35. The SMILES string of the molecule is CN(CC(F)(F)F)CC1(N)CCOC1. The number of halogens is 3. The Hall–Kier alpha value is -0.330. The van der Waals surface area contributed by atoms with Crippen molar-refractivity contribution in [3.05, 3.63) is 0 Å². The third kappa shape index (κ3) is 3.81. The fourth-order valence-electron chi connectivity index (χ4n) is 1.65. The fourth-order valence-corrected chi connectivity index (χ4v) is 1.65. The molecule has 0 aromatic heterocycles. The average molecular weight is 212 g/mol. The summed E-state index contributed by atoms with van der Waals surface area (Å²) in [5.74, 6) is 0. The van der Waals surface area contributed by atoms with Crippen LogP contribution in [-0.2, 0) is 4.74 Å². The van der Waals surface area contributed by atoms with Gasteiger partial charge in [0, 0.05) is 13.2 Å². The number of rotatable bonds is 3. The van der Waals surface area contributed by atoms with Crippen molar-refractivity contribution >= 4 is 0 Å². The first kappa shape index (κ1) is 11.7. The van der Waals surface area contributed by atoms with Crippen molar-refractivity contribution in [2.24, 2.45) is 5.73 Å². The Morgan fingerprint density at radius 1 is 1.50 bits per heavy atom. The molecule has 1 unspecified atom stereocenters. The molecule has 1 saturated heterocycles. The number of hydrogen-bond donors (Lipinski definition) is 1. The van der Waals surface area contributed by atoms with Gasteiger partial charge in [0.25, 0.3) is 0 Å². The zero-order valence-electron chi connectivity index (χ0n) is 8.10. The van der Waals surface area contributed by atoms with E-state index in [9.17, 15) is 13.2 Å². The smallest absolute Gasteiger partial charge is 0.379 e. The Bertz CT molecular complexity index is 190. The molecule has 1 rings (SSSR count). The molecule has 0 saturated carbocycles. The molecule has 0 spiro atoms. The number of ether oxygens (including phenoxy) is 1. The van der Waals surface area contributed by atoms with Gasteiger partial charge >= 0.3 is 6.18 Å². The van der Waals surface area contributed by atoms with E-state index < -0.39 is 18.3 Å². The van der Waals surface area contributed by atoms with Crippen LogP contribution in [0, 0.1) is 0 Å². The molecule has 0 aromatic rings. The Balaban J connectivity index is 2.36. The molecule has 84 valence electrons. The number of alkyl halides is 3. The van der Waals surface area contributed by atoms with Crippen LogP contribution in [0.25, 0.3) is 0 Å². The van der Waals surface area contributed by atoms with E-state index in [2.05, 4.69) is 0 Å². The summed E-state index contributed by atoms with van der Waals surface area (Å²) in [7, 11) is 1.42. The third-order valence-electron chi connectivity index (χ3n) is 2.17.